The molecule has 0 aliphatic rings. The summed E-state index contributed by atoms with van der Waals surface area (Å²) in [4.78, 5) is 10.1. The van der Waals surface area contributed by atoms with Crippen molar-refractivity contribution in [2.45, 2.75) is 19.3 Å². The van der Waals surface area contributed by atoms with Gasteiger partial charge in [0.1, 0.15) is 0 Å². The molecular formula is C8H10O2. The van der Waals surface area contributed by atoms with Gasteiger partial charge in [-0.05, 0) is 12.8 Å². The first-order valence-corrected chi connectivity index (χ1v) is 3.03. The van der Waals surface area contributed by atoms with Gasteiger partial charge in [0.15, 0.2) is 0 Å². The van der Waals surface area contributed by atoms with Crippen LogP contribution >= 0.6 is 0 Å². The van der Waals surface area contributed by atoms with E-state index in [4.69, 9.17) is 11.5 Å². The molecule has 10 heavy (non-hydrogen) atoms. The van der Waals surface area contributed by atoms with Gasteiger partial charge >= 0.3 is 5.97 Å². The second-order valence-electron chi connectivity index (χ2n) is 1.97. The number of carbonyl (C=O) groups is 1. The Labute approximate surface area is 60.6 Å². The van der Waals surface area contributed by atoms with E-state index in [0.717, 1.165) is 0 Å². The normalized spacial score (nSPS) is 8.30. The van der Waals surface area contributed by atoms with Crippen LogP contribution in [0.1, 0.15) is 19.3 Å². The maximum atomic E-state index is 10.1. The molecule has 0 bridgehead atoms. The van der Waals surface area contributed by atoms with E-state index < -0.39 is 5.97 Å². The largest absolute Gasteiger partial charge is 0.478 e. The lowest BCUT2D eigenvalue weighted by molar-refractivity contribution is -0.132. The fraction of sp³-hybridized carbons (Fsp3) is 0.375. The summed E-state index contributed by atoms with van der Waals surface area (Å²) in [5.74, 6) is 1.49. The molecule has 1 N–H and O–H groups in total. The predicted octanol–water partition coefficient (Wildman–Crippen LogP) is 1.43. The predicted molar refractivity (Wildman–Crippen MR) is 39.5 cm³/mol. The molecule has 0 aromatic rings. The van der Waals surface area contributed by atoms with Gasteiger partial charge in [-0.1, -0.05) is 6.58 Å². The van der Waals surface area contributed by atoms with Gasteiger partial charge in [-0.2, -0.15) is 0 Å². The highest BCUT2D eigenvalue weighted by Crippen LogP contribution is 2.03. The molecule has 2 nitrogen and oxygen atoms in total. The third-order valence-corrected chi connectivity index (χ3v) is 1.10. The van der Waals surface area contributed by atoms with Gasteiger partial charge in [0.2, 0.25) is 0 Å². The first-order valence-electron chi connectivity index (χ1n) is 3.03. The lowest BCUT2D eigenvalue weighted by Gasteiger charge is -1.94. The van der Waals surface area contributed by atoms with Crippen molar-refractivity contribution < 1.29 is 9.90 Å². The van der Waals surface area contributed by atoms with E-state index in [9.17, 15) is 4.79 Å². The van der Waals surface area contributed by atoms with Crippen LogP contribution in [0.5, 0.6) is 0 Å². The lowest BCUT2D eigenvalue weighted by Crippen LogP contribution is -1.97. The van der Waals surface area contributed by atoms with E-state index in [1.165, 1.54) is 0 Å². The average molecular weight is 138 g/mol. The summed E-state index contributed by atoms with van der Waals surface area (Å²) >= 11 is 0. The number of unbranched alkanes of at least 4 members (excludes halogenated alkanes) is 1. The molecule has 0 spiro atoms. The molecule has 0 saturated heterocycles. The lowest BCUT2D eigenvalue weighted by atomic mass is 10.1. The molecule has 0 aromatic heterocycles. The van der Waals surface area contributed by atoms with Gasteiger partial charge in [0.05, 0.1) is 0 Å². The fourth-order valence-electron chi connectivity index (χ4n) is 0.511. The highest BCUT2D eigenvalue weighted by molar-refractivity contribution is 5.85. The Morgan fingerprint density at radius 2 is 2.30 bits per heavy atom. The number of hydrogen-bond acceptors (Lipinski definition) is 1. The third-order valence-electron chi connectivity index (χ3n) is 1.10. The Bertz CT molecular complexity index is 174. The highest BCUT2D eigenvalue weighted by Gasteiger charge is 2.01. The van der Waals surface area contributed by atoms with Crippen molar-refractivity contribution in [1.82, 2.24) is 0 Å². The van der Waals surface area contributed by atoms with E-state index in [1.54, 1.807) is 0 Å². The van der Waals surface area contributed by atoms with Gasteiger partial charge in [0.25, 0.3) is 0 Å². The maximum Gasteiger partial charge on any atom is 0.330 e. The Hall–Kier alpha value is -1.23. The quantitative estimate of drug-likeness (QED) is 0.362. The van der Waals surface area contributed by atoms with Crippen LogP contribution in [0.15, 0.2) is 12.2 Å². The number of hydrogen-bond donors (Lipinski definition) is 1. The van der Waals surface area contributed by atoms with E-state index in [-0.39, 0.29) is 5.57 Å². The maximum absolute atomic E-state index is 10.1. The molecule has 0 aliphatic heterocycles. The molecule has 0 radical (unpaired) electrons. The van der Waals surface area contributed by atoms with Crippen molar-refractivity contribution in [2.24, 2.45) is 0 Å². The summed E-state index contributed by atoms with van der Waals surface area (Å²) < 4.78 is 0. The highest BCUT2D eigenvalue weighted by atomic mass is 16.4. The zero-order chi connectivity index (χ0) is 7.98. The van der Waals surface area contributed by atoms with Gasteiger partial charge in [-0.3, -0.25) is 0 Å². The van der Waals surface area contributed by atoms with E-state index >= 15 is 0 Å². The summed E-state index contributed by atoms with van der Waals surface area (Å²) in [6, 6.07) is 0. The third kappa shape index (κ3) is 3.73. The van der Waals surface area contributed by atoms with Crippen LogP contribution in [0, 0.1) is 12.3 Å². The summed E-state index contributed by atoms with van der Waals surface area (Å²) in [7, 11) is 0. The Morgan fingerprint density at radius 1 is 1.70 bits per heavy atom. The molecule has 2 heteroatoms. The van der Waals surface area contributed by atoms with Crippen LogP contribution in [-0.2, 0) is 4.79 Å². The fourth-order valence-corrected chi connectivity index (χ4v) is 0.511. The minimum absolute atomic E-state index is 0.232. The molecular weight excluding hydrogens is 128 g/mol. The number of carboxylic acids is 1. The average Bonchev–Trinajstić information content (AvgIpc) is 1.88. The van der Waals surface area contributed by atoms with E-state index in [1.807, 2.05) is 0 Å². The SMILES string of the molecule is C#CCCCC(=C)C(=O)O. The van der Waals surface area contributed by atoms with Crippen LogP contribution in [0.4, 0.5) is 0 Å². The zero-order valence-corrected chi connectivity index (χ0v) is 5.76. The molecule has 0 unspecified atom stereocenters. The number of carboxylic acid groups (broad SMARTS) is 1. The minimum Gasteiger partial charge on any atom is -0.478 e. The van der Waals surface area contributed by atoms with Crippen molar-refractivity contribution in [3.05, 3.63) is 12.2 Å². The van der Waals surface area contributed by atoms with Crippen molar-refractivity contribution in [2.75, 3.05) is 0 Å². The molecule has 0 aromatic carbocycles. The standard InChI is InChI=1S/C8H10O2/c1-3-4-5-6-7(2)8(9)10/h1H,2,4-6H2,(H,9,10). The van der Waals surface area contributed by atoms with Crippen LogP contribution < -0.4 is 0 Å². The van der Waals surface area contributed by atoms with Crippen molar-refractivity contribution >= 4 is 5.97 Å². The van der Waals surface area contributed by atoms with Crippen LogP contribution in [0.2, 0.25) is 0 Å². The van der Waals surface area contributed by atoms with E-state index in [2.05, 4.69) is 12.5 Å². The second-order valence-corrected chi connectivity index (χ2v) is 1.97. The zero-order valence-electron chi connectivity index (χ0n) is 5.76. The molecule has 0 fully saturated rings. The Balaban J connectivity index is 3.43. The molecule has 0 aliphatic carbocycles. The van der Waals surface area contributed by atoms with Crippen LogP contribution in [-0.4, -0.2) is 11.1 Å². The molecule has 0 rings (SSSR count). The van der Waals surface area contributed by atoms with E-state index in [0.29, 0.717) is 19.3 Å². The smallest absolute Gasteiger partial charge is 0.330 e. The molecule has 0 heterocycles. The van der Waals surface area contributed by atoms with Crippen molar-refractivity contribution in [1.29, 1.82) is 0 Å². The van der Waals surface area contributed by atoms with Crippen molar-refractivity contribution in [3.8, 4) is 12.3 Å². The summed E-state index contributed by atoms with van der Waals surface area (Å²) in [5, 5.41) is 8.33. The summed E-state index contributed by atoms with van der Waals surface area (Å²) in [5.41, 5.74) is 0.232. The number of terminal acetylenes is 1. The van der Waals surface area contributed by atoms with Crippen LogP contribution in [0.3, 0.4) is 0 Å². The van der Waals surface area contributed by atoms with Gasteiger partial charge in [0, 0.05) is 12.0 Å². The Morgan fingerprint density at radius 3 is 2.70 bits per heavy atom. The first-order chi connectivity index (χ1) is 4.68. The Kier molecular flexibility index (Phi) is 4.06. The molecule has 0 atom stereocenters. The van der Waals surface area contributed by atoms with Gasteiger partial charge in [-0.15, -0.1) is 12.3 Å². The summed E-state index contributed by atoms with van der Waals surface area (Å²) in [6.45, 7) is 3.36. The molecule has 0 saturated carbocycles. The topological polar surface area (TPSA) is 37.3 Å². The van der Waals surface area contributed by atoms with Crippen molar-refractivity contribution in [3.63, 3.8) is 0 Å². The number of rotatable bonds is 4. The number of aliphatic carboxylic acids is 1. The molecule has 0 amide bonds. The molecule has 54 valence electrons. The van der Waals surface area contributed by atoms with Crippen LogP contribution in [0.25, 0.3) is 0 Å². The second kappa shape index (κ2) is 4.63. The monoisotopic (exact) mass is 138 g/mol. The van der Waals surface area contributed by atoms with Gasteiger partial charge < -0.3 is 5.11 Å². The first kappa shape index (κ1) is 8.77. The minimum atomic E-state index is -0.933. The van der Waals surface area contributed by atoms with Gasteiger partial charge in [-0.25, -0.2) is 4.79 Å². The summed E-state index contributed by atoms with van der Waals surface area (Å²) in [6.07, 6.45) is 6.78.